The van der Waals surface area contributed by atoms with E-state index in [4.69, 9.17) is 4.74 Å². The molecule has 0 radical (unpaired) electrons. The minimum Gasteiger partial charge on any atom is -0.377 e. The maximum Gasteiger partial charge on any atom is 0.328 e. The molecule has 2 amide bonds. The van der Waals surface area contributed by atoms with Crippen LogP contribution in [-0.2, 0) is 21.4 Å². The van der Waals surface area contributed by atoms with Crippen molar-refractivity contribution in [3.63, 3.8) is 0 Å². The molecule has 0 spiro atoms. The number of benzene rings is 2. The van der Waals surface area contributed by atoms with E-state index in [0.29, 0.717) is 18.8 Å². The van der Waals surface area contributed by atoms with Gasteiger partial charge in [-0.25, -0.2) is 17.9 Å². The third kappa shape index (κ3) is 5.06. The molecule has 6 nitrogen and oxygen atoms in total. The van der Waals surface area contributed by atoms with E-state index < -0.39 is 16.1 Å². The molecule has 0 saturated carbocycles. The molecule has 0 aliphatic carbocycles. The highest BCUT2D eigenvalue weighted by atomic mass is 32.2. The van der Waals surface area contributed by atoms with Crippen LogP contribution in [0.2, 0.25) is 0 Å². The van der Waals surface area contributed by atoms with Gasteiger partial charge >= 0.3 is 6.03 Å². The molecule has 2 rings (SSSR count). The summed E-state index contributed by atoms with van der Waals surface area (Å²) in [7, 11) is -4.02. The summed E-state index contributed by atoms with van der Waals surface area (Å²) in [5, 5.41) is 2.52. The molecule has 0 atom stereocenters. The van der Waals surface area contributed by atoms with Crippen molar-refractivity contribution in [3.05, 3.63) is 54.1 Å². The molecular weight excluding hydrogens is 352 g/mol. The van der Waals surface area contributed by atoms with E-state index in [1.54, 1.807) is 32.0 Å². The Balaban J connectivity index is 2.44. The van der Waals surface area contributed by atoms with Crippen LogP contribution in [0.3, 0.4) is 0 Å². The normalized spacial score (nSPS) is 11.4. The van der Waals surface area contributed by atoms with Gasteiger partial charge in [-0.3, -0.25) is 0 Å². The van der Waals surface area contributed by atoms with Crippen LogP contribution in [0.25, 0.3) is 11.1 Å². The third-order valence-electron chi connectivity index (χ3n) is 3.59. The van der Waals surface area contributed by atoms with Crippen molar-refractivity contribution >= 4 is 16.1 Å². The number of rotatable bonds is 7. The van der Waals surface area contributed by atoms with Crippen molar-refractivity contribution in [1.82, 2.24) is 10.0 Å². The van der Waals surface area contributed by atoms with Crippen molar-refractivity contribution in [3.8, 4) is 11.1 Å². The minimum atomic E-state index is -4.02. The summed E-state index contributed by atoms with van der Waals surface area (Å²) in [5.74, 6) is 0. The molecular formula is C19H24N2O4S. The average Bonchev–Trinajstić information content (AvgIpc) is 2.59. The molecule has 0 heterocycles. The fourth-order valence-corrected chi connectivity index (χ4v) is 3.65. The second-order valence-corrected chi connectivity index (χ2v) is 7.67. The zero-order chi connectivity index (χ0) is 19.2. The van der Waals surface area contributed by atoms with Gasteiger partial charge in [0, 0.05) is 18.2 Å². The molecule has 0 unspecified atom stereocenters. The number of nitrogens with one attached hydrogen (secondary N) is 2. The Labute approximate surface area is 154 Å². The van der Waals surface area contributed by atoms with Gasteiger partial charge in [0.15, 0.2) is 0 Å². The smallest absolute Gasteiger partial charge is 0.328 e. The summed E-state index contributed by atoms with van der Waals surface area (Å²) in [4.78, 5) is 11.9. The molecule has 2 aromatic carbocycles. The van der Waals surface area contributed by atoms with Gasteiger partial charge in [0.1, 0.15) is 0 Å². The van der Waals surface area contributed by atoms with Gasteiger partial charge < -0.3 is 10.1 Å². The first-order valence-electron chi connectivity index (χ1n) is 8.43. The second kappa shape index (κ2) is 8.82. The molecule has 2 aromatic rings. The minimum absolute atomic E-state index is 0.0443. The van der Waals surface area contributed by atoms with Gasteiger partial charge in [0.25, 0.3) is 10.0 Å². The van der Waals surface area contributed by atoms with Crippen molar-refractivity contribution in [1.29, 1.82) is 0 Å². The molecule has 0 saturated heterocycles. The number of ether oxygens (including phenoxy) is 1. The molecule has 0 bridgehead atoms. The molecule has 2 N–H and O–H groups in total. The Bertz CT molecular complexity index is 863. The van der Waals surface area contributed by atoms with Crippen LogP contribution in [0.15, 0.2) is 53.4 Å². The number of hydrogen-bond acceptors (Lipinski definition) is 4. The van der Waals surface area contributed by atoms with Crippen LogP contribution in [-0.4, -0.2) is 27.1 Å². The Morgan fingerprint density at radius 1 is 1.04 bits per heavy atom. The molecule has 26 heavy (non-hydrogen) atoms. The lowest BCUT2D eigenvalue weighted by atomic mass is 10.0. The number of carbonyl (C=O) groups excluding carboxylic acids is 1. The highest BCUT2D eigenvalue weighted by Gasteiger charge is 2.22. The molecule has 0 aliphatic rings. The van der Waals surface area contributed by atoms with Crippen LogP contribution < -0.4 is 10.0 Å². The second-order valence-electron chi connectivity index (χ2n) is 6.02. The summed E-state index contributed by atoms with van der Waals surface area (Å²) in [6, 6.07) is 13.1. The highest BCUT2D eigenvalue weighted by molar-refractivity contribution is 7.90. The zero-order valence-corrected chi connectivity index (χ0v) is 16.0. The first kappa shape index (κ1) is 19.9. The number of hydrogen-bond donors (Lipinski definition) is 2. The first-order valence-corrected chi connectivity index (χ1v) is 9.91. The lowest BCUT2D eigenvalue weighted by Gasteiger charge is -2.15. The summed E-state index contributed by atoms with van der Waals surface area (Å²) in [6.07, 6.45) is 0. The van der Waals surface area contributed by atoms with Gasteiger partial charge in [-0.15, -0.1) is 0 Å². The first-order chi connectivity index (χ1) is 12.3. The van der Waals surface area contributed by atoms with E-state index in [1.165, 1.54) is 6.07 Å². The van der Waals surface area contributed by atoms with Crippen molar-refractivity contribution < 1.29 is 17.9 Å². The molecule has 0 aromatic heterocycles. The lowest BCUT2D eigenvalue weighted by molar-refractivity contribution is 0.134. The Kier molecular flexibility index (Phi) is 6.76. The Hall–Kier alpha value is -2.38. The Morgan fingerprint density at radius 2 is 1.65 bits per heavy atom. The van der Waals surface area contributed by atoms with E-state index in [2.05, 4.69) is 10.0 Å². The summed E-state index contributed by atoms with van der Waals surface area (Å²) in [5.41, 5.74) is 2.16. The summed E-state index contributed by atoms with van der Waals surface area (Å²) in [6.45, 7) is 6.35. The molecule has 7 heteroatoms. The van der Waals surface area contributed by atoms with Crippen molar-refractivity contribution in [2.45, 2.75) is 38.3 Å². The maximum atomic E-state index is 12.7. The van der Waals surface area contributed by atoms with Gasteiger partial charge in [0.05, 0.1) is 11.5 Å². The van der Waals surface area contributed by atoms with Gasteiger partial charge in [-0.2, -0.15) is 0 Å². The SMILES string of the molecule is CCOCc1ccccc1-c1ccccc1S(=O)(=O)NC(=O)NC(C)C. The largest absolute Gasteiger partial charge is 0.377 e. The van der Waals surface area contributed by atoms with Gasteiger partial charge in [-0.05, 0) is 38.0 Å². The van der Waals surface area contributed by atoms with E-state index in [1.807, 2.05) is 31.2 Å². The quantitative estimate of drug-likeness (QED) is 0.777. The van der Waals surface area contributed by atoms with Gasteiger partial charge in [0.2, 0.25) is 0 Å². The predicted octanol–water partition coefficient (Wildman–Crippen LogP) is 3.29. The van der Waals surface area contributed by atoms with E-state index in [0.717, 1.165) is 11.1 Å². The predicted molar refractivity (Wildman–Crippen MR) is 101 cm³/mol. The van der Waals surface area contributed by atoms with Crippen LogP contribution in [0.4, 0.5) is 4.79 Å². The van der Waals surface area contributed by atoms with Crippen molar-refractivity contribution in [2.75, 3.05) is 6.61 Å². The topological polar surface area (TPSA) is 84.5 Å². The van der Waals surface area contributed by atoms with Crippen LogP contribution in [0.1, 0.15) is 26.3 Å². The van der Waals surface area contributed by atoms with E-state index in [9.17, 15) is 13.2 Å². The number of urea groups is 1. The van der Waals surface area contributed by atoms with Gasteiger partial charge in [-0.1, -0.05) is 42.5 Å². The number of amides is 2. The zero-order valence-electron chi connectivity index (χ0n) is 15.2. The highest BCUT2D eigenvalue weighted by Crippen LogP contribution is 2.30. The summed E-state index contributed by atoms with van der Waals surface area (Å²) >= 11 is 0. The third-order valence-corrected chi connectivity index (χ3v) is 4.98. The number of carbonyl (C=O) groups is 1. The van der Waals surface area contributed by atoms with Crippen molar-refractivity contribution in [2.24, 2.45) is 0 Å². The van der Waals surface area contributed by atoms with Crippen LogP contribution in [0, 0.1) is 0 Å². The number of sulfonamides is 1. The molecule has 140 valence electrons. The van der Waals surface area contributed by atoms with E-state index in [-0.39, 0.29) is 10.9 Å². The monoisotopic (exact) mass is 376 g/mol. The molecule has 0 fully saturated rings. The van der Waals surface area contributed by atoms with Crippen LogP contribution in [0.5, 0.6) is 0 Å². The van der Waals surface area contributed by atoms with Crippen LogP contribution >= 0.6 is 0 Å². The average molecular weight is 376 g/mol. The standard InChI is InChI=1S/C19H24N2O4S/c1-4-25-13-15-9-5-6-10-16(15)17-11-7-8-12-18(17)26(23,24)21-19(22)20-14(2)3/h5-12,14H,4,13H2,1-3H3,(H2,20,21,22). The maximum absolute atomic E-state index is 12.7. The summed E-state index contributed by atoms with van der Waals surface area (Å²) < 4.78 is 33.0. The molecule has 0 aliphatic heterocycles. The lowest BCUT2D eigenvalue weighted by Crippen LogP contribution is -2.42. The Morgan fingerprint density at radius 3 is 2.31 bits per heavy atom. The fraction of sp³-hybridized carbons (Fsp3) is 0.316. The fourth-order valence-electron chi connectivity index (χ4n) is 2.51. The van der Waals surface area contributed by atoms with E-state index >= 15 is 0 Å².